The molecule has 6 heteroatoms. The Morgan fingerprint density at radius 3 is 1.75 bits per heavy atom. The predicted molar refractivity (Wildman–Crippen MR) is 75.4 cm³/mol. The van der Waals surface area contributed by atoms with Gasteiger partial charge in [0.2, 0.25) is 5.91 Å². The first-order valence-electron chi connectivity index (χ1n) is 7.30. The highest BCUT2D eigenvalue weighted by Crippen LogP contribution is 2.19. The molecule has 2 aliphatic heterocycles. The first kappa shape index (κ1) is 15.1. The van der Waals surface area contributed by atoms with Crippen LogP contribution >= 0.6 is 0 Å². The minimum absolute atomic E-state index is 0.0798. The quantitative estimate of drug-likeness (QED) is 0.655. The lowest BCUT2D eigenvalue weighted by Gasteiger charge is -2.40. The fourth-order valence-electron chi connectivity index (χ4n) is 2.53. The molecule has 0 radical (unpaired) electrons. The summed E-state index contributed by atoms with van der Waals surface area (Å²) in [4.78, 5) is 30.1. The van der Waals surface area contributed by atoms with Crippen LogP contribution in [0.5, 0.6) is 0 Å². The van der Waals surface area contributed by atoms with E-state index in [2.05, 4.69) is 0 Å². The molecule has 0 aromatic rings. The highest BCUT2D eigenvalue weighted by molar-refractivity contribution is 5.82. The Kier molecular flexibility index (Phi) is 4.52. The van der Waals surface area contributed by atoms with E-state index in [-0.39, 0.29) is 17.4 Å². The van der Waals surface area contributed by atoms with Crippen LogP contribution in [0.1, 0.15) is 20.8 Å². The van der Waals surface area contributed by atoms with E-state index in [0.29, 0.717) is 52.5 Å². The summed E-state index contributed by atoms with van der Waals surface area (Å²) in [5, 5.41) is 0. The molecule has 3 amide bonds. The Bertz CT molecular complexity index is 364. The Hall–Kier alpha value is -1.30. The molecule has 2 fully saturated rings. The van der Waals surface area contributed by atoms with Gasteiger partial charge in [-0.05, 0) is 0 Å². The topological polar surface area (TPSA) is 53.1 Å². The normalized spacial score (nSPS) is 21.1. The Balaban J connectivity index is 1.84. The molecule has 0 atom stereocenters. The molecule has 0 aromatic heterocycles. The maximum Gasteiger partial charge on any atom is 0.320 e. The fourth-order valence-corrected chi connectivity index (χ4v) is 2.53. The minimum atomic E-state index is -0.351. The van der Waals surface area contributed by atoms with Gasteiger partial charge in [0, 0.05) is 44.7 Å². The maximum atomic E-state index is 12.3. The lowest BCUT2D eigenvalue weighted by Crippen LogP contribution is -2.56. The monoisotopic (exact) mass is 283 g/mol. The van der Waals surface area contributed by atoms with Gasteiger partial charge in [-0.15, -0.1) is 0 Å². The second kappa shape index (κ2) is 5.99. The van der Waals surface area contributed by atoms with Crippen LogP contribution in [0, 0.1) is 5.41 Å². The predicted octanol–water partition coefficient (Wildman–Crippen LogP) is 0.629. The van der Waals surface area contributed by atoms with Crippen molar-refractivity contribution in [2.45, 2.75) is 20.8 Å². The van der Waals surface area contributed by atoms with Gasteiger partial charge in [0.05, 0.1) is 13.2 Å². The Morgan fingerprint density at radius 2 is 1.25 bits per heavy atom. The lowest BCUT2D eigenvalue weighted by atomic mass is 9.94. The van der Waals surface area contributed by atoms with E-state index in [4.69, 9.17) is 4.74 Å². The Labute approximate surface area is 120 Å². The zero-order valence-corrected chi connectivity index (χ0v) is 12.7. The third kappa shape index (κ3) is 3.42. The fraction of sp³-hybridized carbons (Fsp3) is 0.857. The molecular weight excluding hydrogens is 258 g/mol. The van der Waals surface area contributed by atoms with E-state index in [1.165, 1.54) is 0 Å². The summed E-state index contributed by atoms with van der Waals surface area (Å²) in [6.07, 6.45) is 0. The molecule has 6 nitrogen and oxygen atoms in total. The molecule has 2 heterocycles. The van der Waals surface area contributed by atoms with Gasteiger partial charge in [0.25, 0.3) is 0 Å². The van der Waals surface area contributed by atoms with Gasteiger partial charge >= 0.3 is 6.03 Å². The molecule has 20 heavy (non-hydrogen) atoms. The third-order valence-electron chi connectivity index (χ3n) is 3.76. The number of hydrogen-bond acceptors (Lipinski definition) is 3. The van der Waals surface area contributed by atoms with Crippen LogP contribution in [0.25, 0.3) is 0 Å². The molecule has 0 bridgehead atoms. The smallest absolute Gasteiger partial charge is 0.320 e. The molecule has 2 saturated heterocycles. The number of rotatable bonds is 0. The van der Waals surface area contributed by atoms with Crippen molar-refractivity contribution in [2.24, 2.45) is 5.41 Å². The van der Waals surface area contributed by atoms with Gasteiger partial charge in [-0.1, -0.05) is 20.8 Å². The van der Waals surface area contributed by atoms with Crippen molar-refractivity contribution in [2.75, 3.05) is 52.5 Å². The van der Waals surface area contributed by atoms with E-state index in [1.807, 2.05) is 35.5 Å². The Morgan fingerprint density at radius 1 is 0.800 bits per heavy atom. The molecule has 0 spiro atoms. The molecule has 2 rings (SSSR count). The SMILES string of the molecule is CC(C)(C)C(=O)N1CCN(C(=O)N2CCOCC2)CC1. The van der Waals surface area contributed by atoms with Gasteiger partial charge in [-0.3, -0.25) is 4.79 Å². The first-order valence-corrected chi connectivity index (χ1v) is 7.30. The highest BCUT2D eigenvalue weighted by atomic mass is 16.5. The van der Waals surface area contributed by atoms with Crippen LogP contribution in [0.4, 0.5) is 4.79 Å². The van der Waals surface area contributed by atoms with Crippen molar-refractivity contribution in [3.05, 3.63) is 0 Å². The number of amides is 3. The number of piperazine rings is 1. The summed E-state index contributed by atoms with van der Waals surface area (Å²) in [7, 11) is 0. The lowest BCUT2D eigenvalue weighted by molar-refractivity contribution is -0.141. The van der Waals surface area contributed by atoms with Crippen LogP contribution in [-0.4, -0.2) is 79.1 Å². The molecular formula is C14H25N3O3. The van der Waals surface area contributed by atoms with Crippen molar-refractivity contribution >= 4 is 11.9 Å². The van der Waals surface area contributed by atoms with Crippen molar-refractivity contribution in [1.82, 2.24) is 14.7 Å². The number of nitrogens with zero attached hydrogens (tertiary/aromatic N) is 3. The number of morpholine rings is 1. The highest BCUT2D eigenvalue weighted by Gasteiger charge is 2.32. The second-order valence-electron chi connectivity index (χ2n) is 6.41. The van der Waals surface area contributed by atoms with Gasteiger partial charge in [-0.2, -0.15) is 0 Å². The summed E-state index contributed by atoms with van der Waals surface area (Å²) in [6, 6.07) is 0.0798. The summed E-state index contributed by atoms with van der Waals surface area (Å²) in [5.41, 5.74) is -0.351. The van der Waals surface area contributed by atoms with Crippen LogP contribution in [0.2, 0.25) is 0 Å². The zero-order valence-electron chi connectivity index (χ0n) is 12.7. The van der Waals surface area contributed by atoms with Gasteiger partial charge in [-0.25, -0.2) is 4.79 Å². The minimum Gasteiger partial charge on any atom is -0.378 e. The van der Waals surface area contributed by atoms with E-state index in [9.17, 15) is 9.59 Å². The molecule has 2 aliphatic rings. The summed E-state index contributed by atoms with van der Waals surface area (Å²) >= 11 is 0. The summed E-state index contributed by atoms with van der Waals surface area (Å²) < 4.78 is 5.26. The van der Waals surface area contributed by atoms with E-state index >= 15 is 0 Å². The van der Waals surface area contributed by atoms with Gasteiger partial charge in [0.1, 0.15) is 0 Å². The summed E-state index contributed by atoms with van der Waals surface area (Å²) in [5.74, 6) is 0.163. The van der Waals surface area contributed by atoms with Crippen molar-refractivity contribution in [3.8, 4) is 0 Å². The van der Waals surface area contributed by atoms with Gasteiger partial charge in [0.15, 0.2) is 0 Å². The third-order valence-corrected chi connectivity index (χ3v) is 3.76. The van der Waals surface area contributed by atoms with Crippen LogP contribution < -0.4 is 0 Å². The average Bonchev–Trinajstić information content (AvgIpc) is 2.46. The number of carbonyl (C=O) groups is 2. The number of carbonyl (C=O) groups excluding carboxylic acids is 2. The van der Waals surface area contributed by atoms with E-state index in [1.54, 1.807) is 0 Å². The van der Waals surface area contributed by atoms with E-state index < -0.39 is 0 Å². The van der Waals surface area contributed by atoms with Crippen LogP contribution in [-0.2, 0) is 9.53 Å². The van der Waals surface area contributed by atoms with Gasteiger partial charge < -0.3 is 19.4 Å². The van der Waals surface area contributed by atoms with Crippen LogP contribution in [0.15, 0.2) is 0 Å². The average molecular weight is 283 g/mol. The van der Waals surface area contributed by atoms with Crippen molar-refractivity contribution in [1.29, 1.82) is 0 Å². The molecule has 0 aromatic carbocycles. The molecule has 0 unspecified atom stereocenters. The largest absolute Gasteiger partial charge is 0.378 e. The maximum absolute atomic E-state index is 12.3. The number of ether oxygens (including phenoxy) is 1. The number of hydrogen-bond donors (Lipinski definition) is 0. The standard InChI is InChI=1S/C14H25N3O3/c1-14(2,3)12(18)15-4-6-16(7-5-15)13(19)17-8-10-20-11-9-17/h4-11H2,1-3H3. The van der Waals surface area contributed by atoms with Crippen LogP contribution in [0.3, 0.4) is 0 Å². The summed E-state index contributed by atoms with van der Waals surface area (Å²) in [6.45, 7) is 10.9. The molecule has 0 N–H and O–H groups in total. The molecule has 0 aliphatic carbocycles. The number of urea groups is 1. The molecule has 114 valence electrons. The van der Waals surface area contributed by atoms with E-state index in [0.717, 1.165) is 0 Å². The van der Waals surface area contributed by atoms with Crippen molar-refractivity contribution < 1.29 is 14.3 Å². The second-order valence-corrected chi connectivity index (χ2v) is 6.41. The van der Waals surface area contributed by atoms with Crippen molar-refractivity contribution in [3.63, 3.8) is 0 Å². The molecule has 0 saturated carbocycles. The first-order chi connectivity index (χ1) is 9.39. The zero-order chi connectivity index (χ0) is 14.8.